The van der Waals surface area contributed by atoms with E-state index in [9.17, 15) is 0 Å². The first-order valence-corrected chi connectivity index (χ1v) is 7.15. The van der Waals surface area contributed by atoms with Crippen molar-refractivity contribution in [1.29, 1.82) is 0 Å². The molecule has 1 aromatic carbocycles. The van der Waals surface area contributed by atoms with Crippen LogP contribution in [-0.4, -0.2) is 27.9 Å². The fourth-order valence-electron chi connectivity index (χ4n) is 3.31. The van der Waals surface area contributed by atoms with Gasteiger partial charge in [0.25, 0.3) is 0 Å². The summed E-state index contributed by atoms with van der Waals surface area (Å²) in [5.41, 5.74) is 8.32. The van der Waals surface area contributed by atoms with Crippen molar-refractivity contribution in [3.05, 3.63) is 23.3 Å². The molecule has 1 aliphatic rings. The number of ether oxygens (including phenoxy) is 3. The molecule has 0 aliphatic heterocycles. The fraction of sp³-hybridized carbons (Fsp3) is 0.625. The van der Waals surface area contributed by atoms with Crippen molar-refractivity contribution in [2.24, 2.45) is 5.73 Å². The summed E-state index contributed by atoms with van der Waals surface area (Å²) in [4.78, 5) is 0. The first kappa shape index (κ1) is 15.1. The highest BCUT2D eigenvalue weighted by atomic mass is 16.5. The minimum atomic E-state index is 0.0162. The molecule has 0 spiro atoms. The van der Waals surface area contributed by atoms with Gasteiger partial charge in [-0.2, -0.15) is 0 Å². The van der Waals surface area contributed by atoms with Gasteiger partial charge >= 0.3 is 0 Å². The van der Waals surface area contributed by atoms with E-state index in [0.29, 0.717) is 13.2 Å². The van der Waals surface area contributed by atoms with Crippen LogP contribution in [0.3, 0.4) is 0 Å². The Balaban J connectivity index is 2.56. The summed E-state index contributed by atoms with van der Waals surface area (Å²) in [5, 5.41) is 0. The summed E-state index contributed by atoms with van der Waals surface area (Å²) in [7, 11) is 5.09. The number of benzene rings is 1. The molecule has 0 unspecified atom stereocenters. The molecule has 0 atom stereocenters. The molecule has 0 aromatic heterocycles. The van der Waals surface area contributed by atoms with Crippen molar-refractivity contribution in [1.82, 2.24) is 0 Å². The predicted molar refractivity (Wildman–Crippen MR) is 79.5 cm³/mol. The molecule has 1 saturated carbocycles. The lowest BCUT2D eigenvalue weighted by Gasteiger charge is -2.31. The molecule has 2 rings (SSSR count). The molecule has 112 valence electrons. The summed E-state index contributed by atoms with van der Waals surface area (Å²) in [6, 6.07) is 4.06. The molecule has 2 N–H and O–H groups in total. The second kappa shape index (κ2) is 6.46. The Hall–Kier alpha value is -1.26. The first-order valence-electron chi connectivity index (χ1n) is 7.15. The summed E-state index contributed by atoms with van der Waals surface area (Å²) < 4.78 is 16.4. The number of methoxy groups -OCH3 is 3. The number of rotatable bonds is 6. The molecular weight excluding hydrogens is 254 g/mol. The van der Waals surface area contributed by atoms with Gasteiger partial charge in [-0.15, -0.1) is 0 Å². The molecule has 20 heavy (non-hydrogen) atoms. The number of nitrogens with two attached hydrogens (primary N) is 1. The third-order valence-electron chi connectivity index (χ3n) is 4.40. The van der Waals surface area contributed by atoms with E-state index in [1.165, 1.54) is 18.4 Å². The standard InChI is InChI=1S/C16H25NO3/c1-18-10-12-8-13(19-2)9-14(15(12)20-3)16(11-17)6-4-5-7-16/h8-9H,4-7,10-11,17H2,1-3H3. The van der Waals surface area contributed by atoms with Gasteiger partial charge in [0, 0.05) is 30.2 Å². The number of hydrogen-bond acceptors (Lipinski definition) is 4. The lowest BCUT2D eigenvalue weighted by molar-refractivity contribution is 0.180. The predicted octanol–water partition coefficient (Wildman–Crippen LogP) is 2.62. The second-order valence-electron chi connectivity index (χ2n) is 5.49. The van der Waals surface area contributed by atoms with E-state index in [2.05, 4.69) is 6.07 Å². The van der Waals surface area contributed by atoms with Crippen LogP contribution in [0.25, 0.3) is 0 Å². The van der Waals surface area contributed by atoms with E-state index in [0.717, 1.165) is 29.9 Å². The smallest absolute Gasteiger partial charge is 0.128 e. The van der Waals surface area contributed by atoms with Crippen molar-refractivity contribution >= 4 is 0 Å². The maximum Gasteiger partial charge on any atom is 0.128 e. The van der Waals surface area contributed by atoms with Gasteiger partial charge in [0.1, 0.15) is 11.5 Å². The van der Waals surface area contributed by atoms with Crippen LogP contribution in [0.2, 0.25) is 0 Å². The van der Waals surface area contributed by atoms with Gasteiger partial charge in [-0.3, -0.25) is 0 Å². The van der Waals surface area contributed by atoms with Crippen LogP contribution in [0.5, 0.6) is 11.5 Å². The third kappa shape index (κ3) is 2.63. The lowest BCUT2D eigenvalue weighted by Crippen LogP contribution is -2.32. The van der Waals surface area contributed by atoms with Crippen LogP contribution in [0.4, 0.5) is 0 Å². The minimum absolute atomic E-state index is 0.0162. The SMILES string of the molecule is COCc1cc(OC)cc(C2(CN)CCCC2)c1OC. The highest BCUT2D eigenvalue weighted by molar-refractivity contribution is 5.51. The largest absolute Gasteiger partial charge is 0.497 e. The van der Waals surface area contributed by atoms with E-state index < -0.39 is 0 Å². The molecule has 0 heterocycles. The van der Waals surface area contributed by atoms with Crippen LogP contribution in [-0.2, 0) is 16.8 Å². The molecule has 0 saturated heterocycles. The molecule has 1 aromatic rings. The maximum absolute atomic E-state index is 6.11. The van der Waals surface area contributed by atoms with E-state index in [4.69, 9.17) is 19.9 Å². The zero-order chi connectivity index (χ0) is 14.6. The van der Waals surface area contributed by atoms with Gasteiger partial charge in [0.15, 0.2) is 0 Å². The van der Waals surface area contributed by atoms with Gasteiger partial charge in [-0.05, 0) is 25.0 Å². The van der Waals surface area contributed by atoms with Gasteiger partial charge < -0.3 is 19.9 Å². The Bertz CT molecular complexity index is 453. The lowest BCUT2D eigenvalue weighted by atomic mass is 9.77. The first-order chi connectivity index (χ1) is 9.70. The van der Waals surface area contributed by atoms with Crippen molar-refractivity contribution in [2.75, 3.05) is 27.9 Å². The molecule has 4 heteroatoms. The van der Waals surface area contributed by atoms with Crippen LogP contribution >= 0.6 is 0 Å². The Morgan fingerprint density at radius 3 is 2.30 bits per heavy atom. The Morgan fingerprint density at radius 2 is 1.80 bits per heavy atom. The van der Waals surface area contributed by atoms with Crippen LogP contribution in [0.1, 0.15) is 36.8 Å². The zero-order valence-corrected chi connectivity index (χ0v) is 12.7. The molecule has 1 fully saturated rings. The quantitative estimate of drug-likeness (QED) is 0.869. The van der Waals surface area contributed by atoms with Crippen molar-refractivity contribution in [2.45, 2.75) is 37.7 Å². The molecule has 1 aliphatic carbocycles. The average molecular weight is 279 g/mol. The van der Waals surface area contributed by atoms with Crippen LogP contribution < -0.4 is 15.2 Å². The van der Waals surface area contributed by atoms with E-state index >= 15 is 0 Å². The highest BCUT2D eigenvalue weighted by Crippen LogP contribution is 2.46. The van der Waals surface area contributed by atoms with Gasteiger partial charge in [-0.25, -0.2) is 0 Å². The minimum Gasteiger partial charge on any atom is -0.497 e. The Labute approximate surface area is 121 Å². The van der Waals surface area contributed by atoms with Gasteiger partial charge in [0.05, 0.1) is 20.8 Å². The van der Waals surface area contributed by atoms with Crippen LogP contribution in [0, 0.1) is 0 Å². The van der Waals surface area contributed by atoms with Crippen LogP contribution in [0.15, 0.2) is 12.1 Å². The second-order valence-corrected chi connectivity index (χ2v) is 5.49. The Morgan fingerprint density at radius 1 is 1.10 bits per heavy atom. The monoisotopic (exact) mass is 279 g/mol. The molecule has 0 radical (unpaired) electrons. The molecule has 0 bridgehead atoms. The van der Waals surface area contributed by atoms with Crippen molar-refractivity contribution < 1.29 is 14.2 Å². The summed E-state index contributed by atoms with van der Waals surface area (Å²) in [6.45, 7) is 1.15. The van der Waals surface area contributed by atoms with E-state index in [1.54, 1.807) is 21.3 Å². The average Bonchev–Trinajstić information content (AvgIpc) is 2.96. The van der Waals surface area contributed by atoms with Gasteiger partial charge in [-0.1, -0.05) is 12.8 Å². The van der Waals surface area contributed by atoms with E-state index in [1.807, 2.05) is 6.07 Å². The fourth-order valence-corrected chi connectivity index (χ4v) is 3.31. The summed E-state index contributed by atoms with van der Waals surface area (Å²) in [5.74, 6) is 1.74. The van der Waals surface area contributed by atoms with Crippen molar-refractivity contribution in [3.63, 3.8) is 0 Å². The van der Waals surface area contributed by atoms with Gasteiger partial charge in [0.2, 0.25) is 0 Å². The maximum atomic E-state index is 6.11. The Kier molecular flexibility index (Phi) is 4.89. The van der Waals surface area contributed by atoms with Crippen molar-refractivity contribution in [3.8, 4) is 11.5 Å². The summed E-state index contributed by atoms with van der Waals surface area (Å²) in [6.07, 6.45) is 4.66. The highest BCUT2D eigenvalue weighted by Gasteiger charge is 2.37. The summed E-state index contributed by atoms with van der Waals surface area (Å²) >= 11 is 0. The topological polar surface area (TPSA) is 53.7 Å². The molecule has 0 amide bonds. The third-order valence-corrected chi connectivity index (χ3v) is 4.40. The van der Waals surface area contributed by atoms with E-state index in [-0.39, 0.29) is 5.41 Å². The zero-order valence-electron chi connectivity index (χ0n) is 12.7. The number of hydrogen-bond donors (Lipinski definition) is 1. The molecule has 4 nitrogen and oxygen atoms in total. The normalized spacial score (nSPS) is 17.2. The molecular formula is C16H25NO3.